The highest BCUT2D eigenvalue weighted by molar-refractivity contribution is 5.92. The average Bonchev–Trinajstić information content (AvgIpc) is 3.02. The number of nitrogens with one attached hydrogen (secondary N) is 1. The molecule has 134 valence electrons. The van der Waals surface area contributed by atoms with Gasteiger partial charge in [0.1, 0.15) is 5.75 Å². The normalized spacial score (nSPS) is 17.5. The van der Waals surface area contributed by atoms with Crippen LogP contribution in [0.1, 0.15) is 40.5 Å². The Morgan fingerprint density at radius 2 is 1.79 bits per heavy atom. The van der Waals surface area contributed by atoms with Gasteiger partial charge < -0.3 is 15.8 Å². The molecule has 5 nitrogen and oxygen atoms in total. The van der Waals surface area contributed by atoms with E-state index in [0.717, 1.165) is 18.0 Å². The highest BCUT2D eigenvalue weighted by Crippen LogP contribution is 2.19. The summed E-state index contributed by atoms with van der Waals surface area (Å²) < 4.78 is 5.64. The Kier molecular flexibility index (Phi) is 6.91. The fourth-order valence-corrected chi connectivity index (χ4v) is 3.09. The molecule has 2 rings (SSSR count). The van der Waals surface area contributed by atoms with Crippen LogP contribution in [0.15, 0.2) is 29.3 Å². The van der Waals surface area contributed by atoms with E-state index in [9.17, 15) is 0 Å². The minimum absolute atomic E-state index is 0.175. The van der Waals surface area contributed by atoms with Gasteiger partial charge in [0, 0.05) is 11.7 Å². The predicted molar refractivity (Wildman–Crippen MR) is 102 cm³/mol. The number of benzene rings is 1. The smallest absolute Gasteiger partial charge is 0.193 e. The van der Waals surface area contributed by atoms with Crippen molar-refractivity contribution in [3.63, 3.8) is 0 Å². The molecule has 0 aliphatic carbocycles. The van der Waals surface area contributed by atoms with Crippen LogP contribution >= 0.6 is 0 Å². The van der Waals surface area contributed by atoms with Gasteiger partial charge in [-0.3, -0.25) is 9.89 Å². The van der Waals surface area contributed by atoms with Crippen LogP contribution in [0.4, 0.5) is 5.69 Å². The third kappa shape index (κ3) is 5.71. The van der Waals surface area contributed by atoms with Gasteiger partial charge in [0.2, 0.25) is 0 Å². The van der Waals surface area contributed by atoms with E-state index in [-0.39, 0.29) is 6.10 Å². The number of hydrogen-bond acceptors (Lipinski definition) is 3. The van der Waals surface area contributed by atoms with Crippen molar-refractivity contribution in [3.05, 3.63) is 24.3 Å². The lowest BCUT2D eigenvalue weighted by Gasteiger charge is -2.29. The molecule has 0 saturated carbocycles. The van der Waals surface area contributed by atoms with Crippen LogP contribution in [-0.2, 0) is 0 Å². The van der Waals surface area contributed by atoms with E-state index in [1.807, 2.05) is 38.1 Å². The molecule has 1 atom stereocenters. The monoisotopic (exact) mass is 332 g/mol. The zero-order valence-electron chi connectivity index (χ0n) is 15.5. The van der Waals surface area contributed by atoms with E-state index in [4.69, 9.17) is 10.5 Å². The number of likely N-dealkylation sites (tertiary alicyclic amines) is 1. The lowest BCUT2D eigenvalue weighted by molar-refractivity contribution is 0.198. The summed E-state index contributed by atoms with van der Waals surface area (Å²) >= 11 is 0. The van der Waals surface area contributed by atoms with Gasteiger partial charge in [-0.2, -0.15) is 0 Å². The van der Waals surface area contributed by atoms with Gasteiger partial charge in [-0.15, -0.1) is 0 Å². The minimum Gasteiger partial charge on any atom is -0.491 e. The Morgan fingerprint density at radius 1 is 1.17 bits per heavy atom. The molecule has 1 heterocycles. The molecule has 0 spiro atoms. The minimum atomic E-state index is 0.175. The Balaban J connectivity index is 1.90. The van der Waals surface area contributed by atoms with Gasteiger partial charge in [-0.1, -0.05) is 13.8 Å². The summed E-state index contributed by atoms with van der Waals surface area (Å²) in [5.74, 6) is 1.91. The van der Waals surface area contributed by atoms with Crippen molar-refractivity contribution >= 4 is 11.6 Å². The third-order valence-electron chi connectivity index (χ3n) is 4.33. The predicted octanol–water partition coefficient (Wildman–Crippen LogP) is 3.32. The molecule has 0 radical (unpaired) electrons. The highest BCUT2D eigenvalue weighted by atomic mass is 16.5. The van der Waals surface area contributed by atoms with E-state index in [1.54, 1.807) is 0 Å². The van der Waals surface area contributed by atoms with Crippen molar-refractivity contribution in [2.45, 2.75) is 52.7 Å². The van der Waals surface area contributed by atoms with Crippen molar-refractivity contribution in [1.82, 2.24) is 4.90 Å². The van der Waals surface area contributed by atoms with E-state index in [2.05, 4.69) is 29.1 Å². The zero-order chi connectivity index (χ0) is 17.5. The van der Waals surface area contributed by atoms with Gasteiger partial charge >= 0.3 is 0 Å². The van der Waals surface area contributed by atoms with Crippen molar-refractivity contribution in [2.75, 3.05) is 25.0 Å². The van der Waals surface area contributed by atoms with Crippen LogP contribution in [0.3, 0.4) is 0 Å². The quantitative estimate of drug-likeness (QED) is 0.594. The molecule has 24 heavy (non-hydrogen) atoms. The summed E-state index contributed by atoms with van der Waals surface area (Å²) in [6.07, 6.45) is 2.77. The first-order valence-electron chi connectivity index (χ1n) is 9.03. The number of rotatable bonds is 7. The SMILES string of the molecule is CC(C)Oc1ccc(NC(N)=NCC(C(C)C)N2CCCC2)cc1. The van der Waals surface area contributed by atoms with Crippen LogP contribution in [0.2, 0.25) is 0 Å². The molecular weight excluding hydrogens is 300 g/mol. The maximum absolute atomic E-state index is 6.06. The summed E-state index contributed by atoms with van der Waals surface area (Å²) in [6.45, 7) is 11.7. The van der Waals surface area contributed by atoms with Crippen LogP contribution in [0, 0.1) is 5.92 Å². The average molecular weight is 332 g/mol. The van der Waals surface area contributed by atoms with Gasteiger partial charge in [-0.25, -0.2) is 0 Å². The zero-order valence-corrected chi connectivity index (χ0v) is 15.5. The molecular formula is C19H32N4O. The summed E-state index contributed by atoms with van der Waals surface area (Å²) in [6, 6.07) is 8.27. The molecule has 1 aliphatic rings. The number of nitrogens with zero attached hydrogens (tertiary/aromatic N) is 2. The van der Waals surface area contributed by atoms with Crippen molar-refractivity contribution in [2.24, 2.45) is 16.6 Å². The van der Waals surface area contributed by atoms with Gasteiger partial charge in [0.15, 0.2) is 5.96 Å². The second-order valence-corrected chi connectivity index (χ2v) is 7.10. The van der Waals surface area contributed by atoms with Crippen LogP contribution < -0.4 is 15.8 Å². The van der Waals surface area contributed by atoms with Crippen molar-refractivity contribution < 1.29 is 4.74 Å². The molecule has 3 N–H and O–H groups in total. The first kappa shape index (κ1) is 18.6. The van der Waals surface area contributed by atoms with E-state index in [1.165, 1.54) is 25.9 Å². The molecule has 0 bridgehead atoms. The number of nitrogens with two attached hydrogens (primary N) is 1. The Hall–Kier alpha value is -1.75. The van der Waals surface area contributed by atoms with E-state index >= 15 is 0 Å². The molecule has 0 aromatic heterocycles. The number of ether oxygens (including phenoxy) is 1. The second-order valence-electron chi connectivity index (χ2n) is 7.10. The summed E-state index contributed by atoms with van der Waals surface area (Å²) in [7, 11) is 0. The van der Waals surface area contributed by atoms with Gasteiger partial charge in [-0.05, 0) is 70.0 Å². The third-order valence-corrected chi connectivity index (χ3v) is 4.33. The maximum Gasteiger partial charge on any atom is 0.193 e. The maximum atomic E-state index is 6.06. The van der Waals surface area contributed by atoms with Crippen LogP contribution in [0.25, 0.3) is 0 Å². The molecule has 1 aromatic carbocycles. The largest absolute Gasteiger partial charge is 0.491 e. The first-order chi connectivity index (χ1) is 11.5. The Labute approximate surface area is 146 Å². The fraction of sp³-hybridized carbons (Fsp3) is 0.632. The summed E-state index contributed by atoms with van der Waals surface area (Å²) in [5.41, 5.74) is 6.99. The lowest BCUT2D eigenvalue weighted by atomic mass is 10.0. The Morgan fingerprint density at radius 3 is 2.33 bits per heavy atom. The molecule has 1 aliphatic heterocycles. The molecule has 1 saturated heterocycles. The van der Waals surface area contributed by atoms with E-state index < -0.39 is 0 Å². The van der Waals surface area contributed by atoms with Gasteiger partial charge in [0.25, 0.3) is 0 Å². The number of anilines is 1. The lowest BCUT2D eigenvalue weighted by Crippen LogP contribution is -2.40. The number of aliphatic imine (C=N–C) groups is 1. The number of hydrogen-bond donors (Lipinski definition) is 2. The van der Waals surface area contributed by atoms with E-state index in [0.29, 0.717) is 17.9 Å². The highest BCUT2D eigenvalue weighted by Gasteiger charge is 2.24. The standard InChI is InChI=1S/C19H32N4O/c1-14(2)18(23-11-5-6-12-23)13-21-19(20)22-16-7-9-17(10-8-16)24-15(3)4/h7-10,14-15,18H,5-6,11-13H2,1-4H3,(H3,20,21,22). The molecule has 1 fully saturated rings. The summed E-state index contributed by atoms with van der Waals surface area (Å²) in [5, 5.41) is 3.16. The van der Waals surface area contributed by atoms with Crippen molar-refractivity contribution in [3.8, 4) is 5.75 Å². The topological polar surface area (TPSA) is 62.9 Å². The molecule has 1 unspecified atom stereocenters. The number of guanidine groups is 1. The van der Waals surface area contributed by atoms with Crippen molar-refractivity contribution in [1.29, 1.82) is 0 Å². The second kappa shape index (κ2) is 8.92. The van der Waals surface area contributed by atoms with Crippen LogP contribution in [0.5, 0.6) is 5.75 Å². The molecule has 0 amide bonds. The molecule has 5 heteroatoms. The fourth-order valence-electron chi connectivity index (χ4n) is 3.09. The van der Waals surface area contributed by atoms with Gasteiger partial charge in [0.05, 0.1) is 12.6 Å². The summed E-state index contributed by atoms with van der Waals surface area (Å²) in [4.78, 5) is 7.11. The first-order valence-corrected chi connectivity index (χ1v) is 9.03. The molecule has 1 aromatic rings. The van der Waals surface area contributed by atoms with Crippen LogP contribution in [-0.4, -0.2) is 42.6 Å². The Bertz CT molecular complexity index is 519.